The summed E-state index contributed by atoms with van der Waals surface area (Å²) in [4.78, 5) is 18.1. The first-order chi connectivity index (χ1) is 19.4. The van der Waals surface area contributed by atoms with Crippen molar-refractivity contribution < 1.29 is 26.4 Å². The molecule has 11 heteroatoms. The molecule has 0 amide bonds. The molecule has 2 heterocycles. The van der Waals surface area contributed by atoms with Crippen LogP contribution in [-0.2, 0) is 26.3 Å². The van der Waals surface area contributed by atoms with Gasteiger partial charge < -0.3 is 4.74 Å². The van der Waals surface area contributed by atoms with Crippen molar-refractivity contribution in [1.82, 2.24) is 0 Å². The Labute approximate surface area is 243 Å². The van der Waals surface area contributed by atoms with Crippen LogP contribution in [-0.4, -0.2) is 41.0 Å². The van der Waals surface area contributed by atoms with Gasteiger partial charge in [0.15, 0.2) is 5.78 Å². The van der Waals surface area contributed by atoms with Crippen LogP contribution in [0.4, 0.5) is 5.69 Å². The molecule has 5 rings (SSSR count). The molecule has 0 radical (unpaired) electrons. The van der Waals surface area contributed by atoms with Gasteiger partial charge in [-0.2, -0.15) is 0 Å². The van der Waals surface area contributed by atoms with E-state index < -0.39 is 19.9 Å². The lowest BCUT2D eigenvalue weighted by Gasteiger charge is -2.29. The van der Waals surface area contributed by atoms with E-state index in [1.54, 1.807) is 37.4 Å². The molecule has 1 aromatic heterocycles. The quantitative estimate of drug-likeness (QED) is 0.240. The molecule has 212 valence electrons. The number of carbonyl (C=O) groups excluding carboxylic acids is 1. The summed E-state index contributed by atoms with van der Waals surface area (Å²) in [5.74, 6) is 0.536. The number of carbonyl (C=O) groups is 1. The molecule has 4 aromatic rings. The zero-order valence-corrected chi connectivity index (χ0v) is 25.1. The number of Topliss-reactive ketones (excluding diaryl/α,β-unsaturated/α-hetero) is 1. The van der Waals surface area contributed by atoms with Gasteiger partial charge in [0.05, 0.1) is 29.7 Å². The number of methoxy groups -OCH3 is 1. The minimum Gasteiger partial charge on any atom is -0.497 e. The van der Waals surface area contributed by atoms with Crippen molar-refractivity contribution in [1.29, 1.82) is 0 Å². The fourth-order valence-electron chi connectivity index (χ4n) is 4.66. The van der Waals surface area contributed by atoms with Gasteiger partial charge in [-0.1, -0.05) is 24.3 Å². The van der Waals surface area contributed by atoms with Crippen molar-refractivity contribution in [3.05, 3.63) is 102 Å². The van der Waals surface area contributed by atoms with Crippen LogP contribution in [0.5, 0.6) is 5.75 Å². The summed E-state index contributed by atoms with van der Waals surface area (Å²) in [5.41, 5.74) is 2.99. The van der Waals surface area contributed by atoms with Crippen LogP contribution in [0.1, 0.15) is 41.8 Å². The predicted molar refractivity (Wildman–Crippen MR) is 160 cm³/mol. The fourth-order valence-corrected chi connectivity index (χ4v) is 8.91. The van der Waals surface area contributed by atoms with Crippen molar-refractivity contribution in [2.45, 2.75) is 45.5 Å². The Morgan fingerprint density at radius 3 is 2.29 bits per heavy atom. The van der Waals surface area contributed by atoms with E-state index in [-0.39, 0.29) is 36.7 Å². The van der Waals surface area contributed by atoms with Crippen molar-refractivity contribution in [2.24, 2.45) is 4.99 Å². The van der Waals surface area contributed by atoms with Crippen molar-refractivity contribution in [3.63, 3.8) is 0 Å². The van der Waals surface area contributed by atoms with E-state index >= 15 is 0 Å². The molecule has 0 unspecified atom stereocenters. The maximum absolute atomic E-state index is 13.2. The highest BCUT2D eigenvalue weighted by Crippen LogP contribution is 2.32. The Kier molecular flexibility index (Phi) is 7.62. The number of sulfonamides is 1. The second-order valence-electron chi connectivity index (χ2n) is 10.2. The second-order valence-corrected chi connectivity index (χ2v) is 15.4. The minimum absolute atomic E-state index is 0.0713. The van der Waals surface area contributed by atoms with Crippen LogP contribution in [0.15, 0.2) is 103 Å². The Balaban J connectivity index is 1.31. The van der Waals surface area contributed by atoms with Gasteiger partial charge in [-0.3, -0.25) is 14.5 Å². The molecular formula is C30H28N2O6S3. The largest absolute Gasteiger partial charge is 0.497 e. The summed E-state index contributed by atoms with van der Waals surface area (Å²) in [7, 11) is -6.30. The molecule has 0 saturated heterocycles. The summed E-state index contributed by atoms with van der Waals surface area (Å²) < 4.78 is 59.3. The average Bonchev–Trinajstić information content (AvgIpc) is 3.46. The maximum Gasteiger partial charge on any atom is 0.271 e. The normalized spacial score (nSPS) is 14.6. The number of nitrogens with one attached hydrogen (secondary N) is 1. The Hall–Kier alpha value is -3.80. The lowest BCUT2D eigenvalue weighted by molar-refractivity contribution is 0.100. The van der Waals surface area contributed by atoms with Crippen LogP contribution in [0.2, 0.25) is 0 Å². The number of benzene rings is 3. The Morgan fingerprint density at radius 1 is 0.927 bits per heavy atom. The summed E-state index contributed by atoms with van der Waals surface area (Å²) in [6, 6.07) is 22.3. The summed E-state index contributed by atoms with van der Waals surface area (Å²) in [5, 5.41) is 0. The highest BCUT2D eigenvalue weighted by molar-refractivity contribution is 7.96. The smallest absolute Gasteiger partial charge is 0.271 e. The van der Waals surface area contributed by atoms with Crippen molar-refractivity contribution >= 4 is 48.4 Å². The zero-order valence-electron chi connectivity index (χ0n) is 22.6. The number of hydrogen-bond acceptors (Lipinski definition) is 8. The van der Waals surface area contributed by atoms with Gasteiger partial charge in [0.2, 0.25) is 9.84 Å². The predicted octanol–water partition coefficient (Wildman–Crippen LogP) is 5.79. The summed E-state index contributed by atoms with van der Waals surface area (Å²) >= 11 is 0.670. The Bertz CT molecular complexity index is 1860. The van der Waals surface area contributed by atoms with Gasteiger partial charge in [0.25, 0.3) is 10.0 Å². The molecule has 3 aromatic carbocycles. The first-order valence-electron chi connectivity index (χ1n) is 12.7. The topological polar surface area (TPSA) is 119 Å². The van der Waals surface area contributed by atoms with Crippen LogP contribution in [0.25, 0.3) is 0 Å². The number of hydrogen-bond donors (Lipinski definition) is 1. The van der Waals surface area contributed by atoms with E-state index in [9.17, 15) is 21.6 Å². The molecule has 0 aliphatic carbocycles. The SMILES string of the molecule is COc1ccc2c(c1)C(CC(=O)c1ccc(NS(=O)(=O)c3ccc(S(=O)(=O)c4ccccc4)s3)cc1)=NC(C)(C)C2. The number of sulfone groups is 1. The number of thiophene rings is 1. The molecule has 41 heavy (non-hydrogen) atoms. The number of nitrogens with zero attached hydrogens (tertiary/aromatic N) is 1. The number of rotatable bonds is 9. The molecule has 0 bridgehead atoms. The molecule has 0 spiro atoms. The number of ketones is 1. The van der Waals surface area contributed by atoms with E-state index in [2.05, 4.69) is 4.72 Å². The molecule has 8 nitrogen and oxygen atoms in total. The van der Waals surface area contributed by atoms with Crippen LogP contribution >= 0.6 is 11.3 Å². The highest BCUT2D eigenvalue weighted by atomic mass is 32.3. The van der Waals surface area contributed by atoms with E-state index in [1.807, 2.05) is 32.0 Å². The van der Waals surface area contributed by atoms with Crippen molar-refractivity contribution in [2.75, 3.05) is 11.8 Å². The lowest BCUT2D eigenvalue weighted by Crippen LogP contribution is -2.30. The van der Waals surface area contributed by atoms with Crippen molar-refractivity contribution in [3.8, 4) is 5.75 Å². The van der Waals surface area contributed by atoms with Crippen LogP contribution in [0, 0.1) is 0 Å². The fraction of sp³-hybridized carbons (Fsp3) is 0.200. The van der Waals surface area contributed by atoms with E-state index in [0.29, 0.717) is 28.4 Å². The third-order valence-electron chi connectivity index (χ3n) is 6.62. The molecule has 1 aliphatic heterocycles. The molecule has 1 aliphatic rings. The Morgan fingerprint density at radius 2 is 1.61 bits per heavy atom. The first-order valence-corrected chi connectivity index (χ1v) is 16.5. The third-order valence-corrected chi connectivity index (χ3v) is 11.8. The first kappa shape index (κ1) is 28.7. The molecular weight excluding hydrogens is 581 g/mol. The number of anilines is 1. The van der Waals surface area contributed by atoms with Gasteiger partial charge in [-0.15, -0.1) is 11.3 Å². The lowest BCUT2D eigenvalue weighted by atomic mass is 9.85. The van der Waals surface area contributed by atoms with Gasteiger partial charge in [-0.25, -0.2) is 16.8 Å². The van der Waals surface area contributed by atoms with Crippen LogP contribution < -0.4 is 9.46 Å². The molecule has 0 fully saturated rings. The van der Waals surface area contributed by atoms with Gasteiger partial charge in [0, 0.05) is 16.8 Å². The zero-order chi connectivity index (χ0) is 29.4. The monoisotopic (exact) mass is 608 g/mol. The molecule has 1 N–H and O–H groups in total. The number of ether oxygens (including phenoxy) is 1. The standard InChI is InChI=1S/C30H28N2O6S3/c1-30(2)19-21-11-14-23(38-3)17-25(21)26(31-30)18-27(33)20-9-12-22(13-10-20)32-41(36,37)29-16-15-28(39-29)40(34,35)24-7-5-4-6-8-24/h4-17,32H,18-19H2,1-3H3. The molecule has 0 atom stereocenters. The van der Waals surface area contributed by atoms with Gasteiger partial charge >= 0.3 is 0 Å². The van der Waals surface area contributed by atoms with E-state index in [1.165, 1.54) is 36.4 Å². The minimum atomic E-state index is -4.06. The number of aliphatic imine (C=N–C) groups is 1. The van der Waals surface area contributed by atoms with Gasteiger partial charge in [0.1, 0.15) is 14.2 Å². The summed E-state index contributed by atoms with van der Waals surface area (Å²) in [6.07, 6.45) is 0.839. The molecule has 0 saturated carbocycles. The summed E-state index contributed by atoms with van der Waals surface area (Å²) in [6.45, 7) is 4.05. The number of fused-ring (bicyclic) bond motifs is 1. The van der Waals surface area contributed by atoms with Gasteiger partial charge in [-0.05, 0) is 86.5 Å². The van der Waals surface area contributed by atoms with E-state index in [0.717, 1.165) is 17.5 Å². The third kappa shape index (κ3) is 6.12. The maximum atomic E-state index is 13.2. The second kappa shape index (κ2) is 10.9. The van der Waals surface area contributed by atoms with E-state index in [4.69, 9.17) is 9.73 Å². The average molecular weight is 609 g/mol. The van der Waals surface area contributed by atoms with Crippen LogP contribution in [0.3, 0.4) is 0 Å². The highest BCUT2D eigenvalue weighted by Gasteiger charge is 2.29.